The summed E-state index contributed by atoms with van der Waals surface area (Å²) in [5, 5.41) is 0. The van der Waals surface area contributed by atoms with Gasteiger partial charge in [-0.05, 0) is 63.1 Å². The van der Waals surface area contributed by atoms with Gasteiger partial charge in [-0.1, -0.05) is 36.1 Å². The molecule has 2 rings (SSSR count). The van der Waals surface area contributed by atoms with E-state index in [1.165, 1.54) is 29.8 Å². The molecule has 0 fully saturated rings. The van der Waals surface area contributed by atoms with Gasteiger partial charge >= 0.3 is 0 Å². The second kappa shape index (κ2) is 7.07. The van der Waals surface area contributed by atoms with Crippen LogP contribution in [0, 0.1) is 13.8 Å². The maximum absolute atomic E-state index is 11.7. The van der Waals surface area contributed by atoms with Crippen LogP contribution in [0.3, 0.4) is 0 Å². The van der Waals surface area contributed by atoms with Crippen molar-refractivity contribution in [3.63, 3.8) is 0 Å². The molecule has 1 heterocycles. The van der Waals surface area contributed by atoms with Crippen LogP contribution in [0.1, 0.15) is 30.7 Å². The Labute approximate surface area is 140 Å². The van der Waals surface area contributed by atoms with Crippen LogP contribution in [0.2, 0.25) is 0 Å². The third-order valence-corrected chi connectivity index (χ3v) is 4.45. The van der Waals surface area contributed by atoms with Crippen LogP contribution >= 0.6 is 24.0 Å². The SMILES string of the molecule is CC(=O)/C(=C\c1ccc(-c2ccc(C)c(C)c2)o1)SC(C)=S. The van der Waals surface area contributed by atoms with Crippen molar-refractivity contribution in [2.24, 2.45) is 0 Å². The zero-order valence-electron chi connectivity index (χ0n) is 13.1. The highest BCUT2D eigenvalue weighted by atomic mass is 32.2. The van der Waals surface area contributed by atoms with E-state index in [0.717, 1.165) is 11.3 Å². The molecule has 0 bridgehead atoms. The lowest BCUT2D eigenvalue weighted by Crippen LogP contribution is -1.94. The lowest BCUT2D eigenvalue weighted by Gasteiger charge is -2.03. The summed E-state index contributed by atoms with van der Waals surface area (Å²) >= 11 is 6.35. The van der Waals surface area contributed by atoms with Gasteiger partial charge in [0.25, 0.3) is 0 Å². The van der Waals surface area contributed by atoms with Crippen LogP contribution in [0.25, 0.3) is 17.4 Å². The van der Waals surface area contributed by atoms with Crippen molar-refractivity contribution >= 4 is 40.0 Å². The Morgan fingerprint density at radius 2 is 1.86 bits per heavy atom. The minimum Gasteiger partial charge on any atom is -0.457 e. The molecular formula is C18H18O2S2. The number of carbonyl (C=O) groups excluding carboxylic acids is 1. The van der Waals surface area contributed by atoms with Gasteiger partial charge in [-0.25, -0.2) is 0 Å². The van der Waals surface area contributed by atoms with Gasteiger partial charge in [0.1, 0.15) is 11.5 Å². The Bertz CT molecular complexity index is 754. The van der Waals surface area contributed by atoms with Gasteiger partial charge < -0.3 is 4.42 Å². The number of ketones is 1. The van der Waals surface area contributed by atoms with Crippen molar-refractivity contribution in [2.45, 2.75) is 27.7 Å². The van der Waals surface area contributed by atoms with Gasteiger partial charge in [-0.15, -0.1) is 0 Å². The third-order valence-electron chi connectivity index (χ3n) is 3.29. The number of aryl methyl sites for hydroxylation is 2. The van der Waals surface area contributed by atoms with Gasteiger partial charge in [0, 0.05) is 9.76 Å². The molecule has 0 atom stereocenters. The zero-order chi connectivity index (χ0) is 16.3. The first kappa shape index (κ1) is 16.7. The highest BCUT2D eigenvalue weighted by molar-refractivity contribution is 8.26. The van der Waals surface area contributed by atoms with E-state index in [1.807, 2.05) is 18.2 Å². The molecule has 0 aliphatic carbocycles. The largest absolute Gasteiger partial charge is 0.457 e. The minimum atomic E-state index is -0.0154. The standard InChI is InChI=1S/C18H18O2S2/c1-11-5-6-15(9-12(11)2)17-8-7-16(20-17)10-18(13(3)19)22-14(4)21/h5-10H,1-4H3/b18-10+. The summed E-state index contributed by atoms with van der Waals surface area (Å²) in [6, 6.07) is 10.0. The number of rotatable bonds is 4. The second-order valence-electron chi connectivity index (χ2n) is 5.16. The minimum absolute atomic E-state index is 0.0154. The van der Waals surface area contributed by atoms with Crippen molar-refractivity contribution in [1.29, 1.82) is 0 Å². The number of carbonyl (C=O) groups is 1. The summed E-state index contributed by atoms with van der Waals surface area (Å²) in [7, 11) is 0. The van der Waals surface area contributed by atoms with E-state index >= 15 is 0 Å². The summed E-state index contributed by atoms with van der Waals surface area (Å²) in [4.78, 5) is 12.2. The normalized spacial score (nSPS) is 11.5. The summed E-state index contributed by atoms with van der Waals surface area (Å²) in [6.07, 6.45) is 1.74. The summed E-state index contributed by atoms with van der Waals surface area (Å²) in [5.41, 5.74) is 3.51. The van der Waals surface area contributed by atoms with Gasteiger partial charge in [0.15, 0.2) is 5.78 Å². The molecule has 0 saturated heterocycles. The fourth-order valence-corrected chi connectivity index (χ4v) is 2.87. The molecule has 0 radical (unpaired) electrons. The van der Waals surface area contributed by atoms with E-state index in [0.29, 0.717) is 14.9 Å². The molecular weight excluding hydrogens is 312 g/mol. The highest BCUT2D eigenvalue weighted by Crippen LogP contribution is 2.27. The van der Waals surface area contributed by atoms with E-state index < -0.39 is 0 Å². The fourth-order valence-electron chi connectivity index (χ4n) is 1.97. The summed E-state index contributed by atoms with van der Waals surface area (Å²) in [6.45, 7) is 7.50. The molecule has 0 aliphatic rings. The molecule has 0 saturated carbocycles. The number of furan rings is 1. The van der Waals surface area contributed by atoms with Gasteiger partial charge in [0.2, 0.25) is 0 Å². The molecule has 22 heavy (non-hydrogen) atoms. The Hall–Kier alpha value is -1.65. The van der Waals surface area contributed by atoms with Crippen LogP contribution in [-0.2, 0) is 4.79 Å². The Balaban J connectivity index is 2.32. The lowest BCUT2D eigenvalue weighted by molar-refractivity contribution is -0.112. The Kier molecular flexibility index (Phi) is 5.37. The molecule has 0 unspecified atom stereocenters. The van der Waals surface area contributed by atoms with E-state index in [1.54, 1.807) is 13.0 Å². The molecule has 2 nitrogen and oxygen atoms in total. The molecule has 1 aromatic carbocycles. The highest BCUT2D eigenvalue weighted by Gasteiger charge is 2.09. The Morgan fingerprint density at radius 1 is 1.14 bits per heavy atom. The van der Waals surface area contributed by atoms with Crippen LogP contribution in [0.4, 0.5) is 0 Å². The van der Waals surface area contributed by atoms with Gasteiger partial charge in [0.05, 0.1) is 4.91 Å². The molecule has 2 aromatic rings. The van der Waals surface area contributed by atoms with Gasteiger partial charge in [-0.2, -0.15) is 0 Å². The number of thioether (sulfide) groups is 1. The number of thiocarbonyl (C=S) groups is 1. The third kappa shape index (κ3) is 4.18. The maximum Gasteiger partial charge on any atom is 0.166 e. The van der Waals surface area contributed by atoms with Crippen LogP contribution in [0.5, 0.6) is 0 Å². The van der Waals surface area contributed by atoms with E-state index in [9.17, 15) is 4.79 Å². The lowest BCUT2D eigenvalue weighted by atomic mass is 10.1. The summed E-state index contributed by atoms with van der Waals surface area (Å²) < 4.78 is 6.55. The van der Waals surface area contributed by atoms with Crippen molar-refractivity contribution in [3.8, 4) is 11.3 Å². The van der Waals surface area contributed by atoms with Crippen molar-refractivity contribution in [2.75, 3.05) is 0 Å². The van der Waals surface area contributed by atoms with Crippen molar-refractivity contribution in [3.05, 3.63) is 52.1 Å². The van der Waals surface area contributed by atoms with Crippen molar-refractivity contribution in [1.82, 2.24) is 0 Å². The number of allylic oxidation sites excluding steroid dienone is 1. The predicted molar refractivity (Wildman–Crippen MR) is 98.1 cm³/mol. The maximum atomic E-state index is 11.7. The second-order valence-corrected chi connectivity index (χ2v) is 7.29. The fraction of sp³-hybridized carbons (Fsp3) is 0.222. The smallest absolute Gasteiger partial charge is 0.166 e. The quantitative estimate of drug-likeness (QED) is 0.541. The van der Waals surface area contributed by atoms with Crippen LogP contribution in [-0.4, -0.2) is 9.98 Å². The number of hydrogen-bond acceptors (Lipinski definition) is 4. The van der Waals surface area contributed by atoms with E-state index in [-0.39, 0.29) is 5.78 Å². The first-order chi connectivity index (χ1) is 10.4. The predicted octanol–water partition coefficient (Wildman–Crippen LogP) is 5.57. The van der Waals surface area contributed by atoms with Crippen molar-refractivity contribution < 1.29 is 9.21 Å². The zero-order valence-corrected chi connectivity index (χ0v) is 14.7. The average Bonchev–Trinajstić information content (AvgIpc) is 2.89. The first-order valence-electron chi connectivity index (χ1n) is 6.95. The molecule has 0 spiro atoms. The molecule has 1 aromatic heterocycles. The molecule has 114 valence electrons. The number of hydrogen-bond donors (Lipinski definition) is 0. The van der Waals surface area contributed by atoms with E-state index in [2.05, 4.69) is 26.0 Å². The number of Topliss-reactive ketones (excluding diaryl/α,β-unsaturated/α-hetero) is 1. The van der Waals surface area contributed by atoms with Gasteiger partial charge in [-0.3, -0.25) is 4.79 Å². The van der Waals surface area contributed by atoms with Crippen LogP contribution < -0.4 is 0 Å². The molecule has 0 aliphatic heterocycles. The Morgan fingerprint density at radius 3 is 2.45 bits per heavy atom. The van der Waals surface area contributed by atoms with Crippen LogP contribution in [0.15, 0.2) is 39.7 Å². The topological polar surface area (TPSA) is 30.2 Å². The molecule has 0 amide bonds. The molecule has 0 N–H and O–H groups in total. The molecule has 4 heteroatoms. The monoisotopic (exact) mass is 330 g/mol. The summed E-state index contributed by atoms with van der Waals surface area (Å²) in [5.74, 6) is 1.43. The first-order valence-corrected chi connectivity index (χ1v) is 8.18. The van der Waals surface area contributed by atoms with E-state index in [4.69, 9.17) is 16.6 Å². The number of benzene rings is 1. The average molecular weight is 330 g/mol.